The van der Waals surface area contributed by atoms with Gasteiger partial charge in [-0.25, -0.2) is 0 Å². The summed E-state index contributed by atoms with van der Waals surface area (Å²) in [5.74, 6) is 0.608. The van der Waals surface area contributed by atoms with Crippen molar-refractivity contribution >= 4 is 6.21 Å². The molecule has 0 atom stereocenters. The molecule has 1 aliphatic rings. The monoisotopic (exact) mass is 353 g/mol. The Labute approximate surface area is 155 Å². The molecule has 0 saturated carbocycles. The van der Waals surface area contributed by atoms with E-state index < -0.39 is 0 Å². The van der Waals surface area contributed by atoms with Gasteiger partial charge in [-0.2, -0.15) is 5.10 Å². The molecule has 138 valence electrons. The first-order valence-electron chi connectivity index (χ1n) is 8.99. The van der Waals surface area contributed by atoms with E-state index in [1.165, 1.54) is 16.7 Å². The molecule has 0 aliphatic carbocycles. The number of benzene rings is 2. The highest BCUT2D eigenvalue weighted by atomic mass is 16.5. The van der Waals surface area contributed by atoms with Crippen molar-refractivity contribution in [3.63, 3.8) is 0 Å². The maximum Gasteiger partial charge on any atom is 0.161 e. The molecule has 2 aromatic carbocycles. The number of phenolic OH excluding ortho intramolecular Hbond substituents is 1. The SMILES string of the molecule is COc1cc(C=NN2CCN(Cc3ccc(C)cc3C)CC2)ccc1O. The molecular weight excluding hydrogens is 326 g/mol. The normalized spacial score (nSPS) is 15.6. The second kappa shape index (κ2) is 8.23. The van der Waals surface area contributed by atoms with Crippen molar-refractivity contribution in [3.8, 4) is 11.5 Å². The molecular formula is C21H27N3O2. The third-order valence-electron chi connectivity index (χ3n) is 4.81. The molecule has 1 fully saturated rings. The van der Waals surface area contributed by atoms with E-state index in [0.717, 1.165) is 38.3 Å². The standard InChI is InChI=1S/C21H27N3O2/c1-16-4-6-19(17(2)12-16)15-23-8-10-24(11-9-23)22-14-18-5-7-20(25)21(13-18)26-3/h4-7,12-14,25H,8-11,15H2,1-3H3. The summed E-state index contributed by atoms with van der Waals surface area (Å²) in [5.41, 5.74) is 5.00. The number of hydrazone groups is 1. The molecule has 0 unspecified atom stereocenters. The van der Waals surface area contributed by atoms with Gasteiger partial charge in [0.25, 0.3) is 0 Å². The van der Waals surface area contributed by atoms with Crippen molar-refractivity contribution in [3.05, 3.63) is 58.7 Å². The van der Waals surface area contributed by atoms with Gasteiger partial charge in [0.2, 0.25) is 0 Å². The Morgan fingerprint density at radius 3 is 2.54 bits per heavy atom. The largest absolute Gasteiger partial charge is 0.504 e. The molecule has 1 aliphatic heterocycles. The number of methoxy groups -OCH3 is 1. The van der Waals surface area contributed by atoms with Gasteiger partial charge >= 0.3 is 0 Å². The van der Waals surface area contributed by atoms with Gasteiger partial charge in [0.15, 0.2) is 11.5 Å². The molecule has 26 heavy (non-hydrogen) atoms. The molecule has 5 nitrogen and oxygen atoms in total. The first-order chi connectivity index (χ1) is 12.5. The van der Waals surface area contributed by atoms with Crippen LogP contribution < -0.4 is 4.74 Å². The number of hydrogen-bond acceptors (Lipinski definition) is 5. The lowest BCUT2D eigenvalue weighted by Crippen LogP contribution is -2.43. The van der Waals surface area contributed by atoms with Crippen molar-refractivity contribution in [2.45, 2.75) is 20.4 Å². The van der Waals surface area contributed by atoms with Crippen molar-refractivity contribution < 1.29 is 9.84 Å². The van der Waals surface area contributed by atoms with Crippen LogP contribution >= 0.6 is 0 Å². The second-order valence-corrected chi connectivity index (χ2v) is 6.84. The summed E-state index contributed by atoms with van der Waals surface area (Å²) in [5, 5.41) is 16.3. The van der Waals surface area contributed by atoms with Crippen LogP contribution in [0.15, 0.2) is 41.5 Å². The molecule has 0 spiro atoms. The highest BCUT2D eigenvalue weighted by Gasteiger charge is 2.16. The highest BCUT2D eigenvalue weighted by Crippen LogP contribution is 2.25. The Hall–Kier alpha value is -2.53. The summed E-state index contributed by atoms with van der Waals surface area (Å²) in [6.45, 7) is 9.16. The number of hydrogen-bond donors (Lipinski definition) is 1. The van der Waals surface area contributed by atoms with Crippen LogP contribution in [0.2, 0.25) is 0 Å². The van der Waals surface area contributed by atoms with E-state index in [2.05, 4.69) is 47.1 Å². The van der Waals surface area contributed by atoms with Crippen LogP contribution in [0.25, 0.3) is 0 Å². The fourth-order valence-corrected chi connectivity index (χ4v) is 3.20. The van der Waals surface area contributed by atoms with Gasteiger partial charge in [-0.1, -0.05) is 23.8 Å². The zero-order valence-corrected chi connectivity index (χ0v) is 15.8. The summed E-state index contributed by atoms with van der Waals surface area (Å²) in [4.78, 5) is 2.48. The minimum absolute atomic E-state index is 0.143. The lowest BCUT2D eigenvalue weighted by Gasteiger charge is -2.33. The van der Waals surface area contributed by atoms with Crippen LogP contribution in [-0.4, -0.2) is 54.5 Å². The minimum atomic E-state index is 0.143. The first-order valence-corrected chi connectivity index (χ1v) is 8.99. The molecule has 0 aromatic heterocycles. The summed E-state index contributed by atoms with van der Waals surface area (Å²) in [6.07, 6.45) is 1.82. The van der Waals surface area contributed by atoms with Gasteiger partial charge in [-0.15, -0.1) is 0 Å². The van der Waals surface area contributed by atoms with Gasteiger partial charge < -0.3 is 9.84 Å². The molecule has 5 heteroatoms. The Morgan fingerprint density at radius 1 is 1.08 bits per heavy atom. The Bertz CT molecular complexity index is 781. The van der Waals surface area contributed by atoms with Crippen LogP contribution in [-0.2, 0) is 6.54 Å². The van der Waals surface area contributed by atoms with Crippen LogP contribution in [0.5, 0.6) is 11.5 Å². The molecule has 2 aromatic rings. The maximum atomic E-state index is 9.65. The molecule has 3 rings (SSSR count). The molecule has 0 amide bonds. The predicted octanol–water partition coefficient (Wildman–Crippen LogP) is 3.17. The number of rotatable bonds is 5. The fraction of sp³-hybridized carbons (Fsp3) is 0.381. The lowest BCUT2D eigenvalue weighted by molar-refractivity contribution is 0.131. The van der Waals surface area contributed by atoms with E-state index in [4.69, 9.17) is 4.74 Å². The van der Waals surface area contributed by atoms with Crippen molar-refractivity contribution in [2.24, 2.45) is 5.10 Å². The zero-order valence-electron chi connectivity index (χ0n) is 15.8. The number of aryl methyl sites for hydroxylation is 2. The van der Waals surface area contributed by atoms with Gasteiger partial charge in [0.1, 0.15) is 0 Å². The van der Waals surface area contributed by atoms with Crippen molar-refractivity contribution in [1.29, 1.82) is 0 Å². The van der Waals surface area contributed by atoms with Gasteiger partial charge in [-0.05, 0) is 48.7 Å². The average Bonchev–Trinajstić information content (AvgIpc) is 2.64. The van der Waals surface area contributed by atoms with Crippen LogP contribution in [0.1, 0.15) is 22.3 Å². The van der Waals surface area contributed by atoms with E-state index in [0.29, 0.717) is 5.75 Å². The first kappa shape index (κ1) is 18.3. The van der Waals surface area contributed by atoms with Crippen LogP contribution in [0.4, 0.5) is 0 Å². The van der Waals surface area contributed by atoms with E-state index in [1.807, 2.05) is 12.3 Å². The number of piperazine rings is 1. The third kappa shape index (κ3) is 4.55. The molecule has 0 radical (unpaired) electrons. The van der Waals surface area contributed by atoms with Gasteiger partial charge in [-0.3, -0.25) is 9.91 Å². The van der Waals surface area contributed by atoms with E-state index in [9.17, 15) is 5.11 Å². The maximum absolute atomic E-state index is 9.65. The Kier molecular flexibility index (Phi) is 5.78. The number of ether oxygens (including phenoxy) is 1. The fourth-order valence-electron chi connectivity index (χ4n) is 3.20. The van der Waals surface area contributed by atoms with Crippen LogP contribution in [0.3, 0.4) is 0 Å². The summed E-state index contributed by atoms with van der Waals surface area (Å²) in [7, 11) is 1.55. The molecule has 1 N–H and O–H groups in total. The smallest absolute Gasteiger partial charge is 0.161 e. The van der Waals surface area contributed by atoms with E-state index in [1.54, 1.807) is 19.2 Å². The molecule has 0 bridgehead atoms. The van der Waals surface area contributed by atoms with Gasteiger partial charge in [0.05, 0.1) is 13.3 Å². The quantitative estimate of drug-likeness (QED) is 0.839. The summed E-state index contributed by atoms with van der Waals surface area (Å²) >= 11 is 0. The number of phenols is 1. The summed E-state index contributed by atoms with van der Waals surface area (Å²) in [6, 6.07) is 11.9. The molecule has 1 heterocycles. The van der Waals surface area contributed by atoms with Crippen molar-refractivity contribution in [1.82, 2.24) is 9.91 Å². The van der Waals surface area contributed by atoms with Crippen molar-refractivity contribution in [2.75, 3.05) is 33.3 Å². The Balaban J connectivity index is 1.53. The van der Waals surface area contributed by atoms with Crippen LogP contribution in [0, 0.1) is 13.8 Å². The van der Waals surface area contributed by atoms with E-state index in [-0.39, 0.29) is 5.75 Å². The summed E-state index contributed by atoms with van der Waals surface area (Å²) < 4.78 is 5.13. The minimum Gasteiger partial charge on any atom is -0.504 e. The lowest BCUT2D eigenvalue weighted by atomic mass is 10.1. The second-order valence-electron chi connectivity index (χ2n) is 6.84. The Morgan fingerprint density at radius 2 is 1.85 bits per heavy atom. The third-order valence-corrected chi connectivity index (χ3v) is 4.81. The zero-order chi connectivity index (χ0) is 18.5. The van der Waals surface area contributed by atoms with E-state index >= 15 is 0 Å². The average molecular weight is 353 g/mol. The number of nitrogens with zero attached hydrogens (tertiary/aromatic N) is 3. The predicted molar refractivity (Wildman–Crippen MR) is 105 cm³/mol. The molecule has 1 saturated heterocycles. The highest BCUT2D eigenvalue weighted by molar-refractivity contribution is 5.80. The topological polar surface area (TPSA) is 48.3 Å². The number of aromatic hydroxyl groups is 1. The van der Waals surface area contributed by atoms with Gasteiger partial charge in [0, 0.05) is 32.7 Å².